The summed E-state index contributed by atoms with van der Waals surface area (Å²) in [6, 6.07) is 9.93. The lowest BCUT2D eigenvalue weighted by Gasteiger charge is -2.26. The Kier molecular flexibility index (Phi) is 4.59. The third-order valence-electron chi connectivity index (χ3n) is 4.31. The maximum Gasteiger partial charge on any atom is 0.127 e. The monoisotopic (exact) mass is 362 g/mol. The van der Waals surface area contributed by atoms with Crippen LogP contribution in [0.2, 0.25) is 0 Å². The largest absolute Gasteiger partial charge is 0.301 e. The van der Waals surface area contributed by atoms with E-state index in [0.717, 1.165) is 34.1 Å². The summed E-state index contributed by atoms with van der Waals surface area (Å²) in [6.07, 6.45) is 3.54. The van der Waals surface area contributed by atoms with Crippen molar-refractivity contribution in [3.8, 4) is 0 Å². The minimum atomic E-state index is -0.104. The number of hydrogen-bond donors (Lipinski definition) is 1. The van der Waals surface area contributed by atoms with Crippen molar-refractivity contribution in [1.29, 1.82) is 0 Å². The van der Waals surface area contributed by atoms with Crippen LogP contribution < -0.4 is 5.32 Å². The molecule has 0 aliphatic heterocycles. The molecule has 4 heteroatoms. The van der Waals surface area contributed by atoms with Gasteiger partial charge in [-0.3, -0.25) is 4.98 Å². The van der Waals surface area contributed by atoms with Crippen LogP contribution in [-0.2, 0) is 6.42 Å². The van der Waals surface area contributed by atoms with E-state index in [1.807, 2.05) is 24.4 Å². The van der Waals surface area contributed by atoms with E-state index in [-0.39, 0.29) is 17.9 Å². The number of rotatable bonds is 4. The van der Waals surface area contributed by atoms with Gasteiger partial charge in [0.25, 0.3) is 0 Å². The third kappa shape index (κ3) is 3.08. The minimum Gasteiger partial charge on any atom is -0.301 e. The fraction of sp³-hybridized carbons (Fsp3) is 0.389. The molecule has 1 aromatic heterocycles. The van der Waals surface area contributed by atoms with Gasteiger partial charge in [-0.15, -0.1) is 0 Å². The Morgan fingerprint density at radius 1 is 1.32 bits per heavy atom. The Morgan fingerprint density at radius 3 is 2.82 bits per heavy atom. The summed E-state index contributed by atoms with van der Waals surface area (Å²) in [5.74, 6) is 0.309. The van der Waals surface area contributed by atoms with Crippen LogP contribution in [0.1, 0.15) is 49.2 Å². The zero-order valence-electron chi connectivity index (χ0n) is 12.8. The molecule has 1 N–H and O–H groups in total. The van der Waals surface area contributed by atoms with E-state index in [0.29, 0.717) is 5.92 Å². The van der Waals surface area contributed by atoms with Crippen molar-refractivity contribution in [2.75, 3.05) is 0 Å². The highest BCUT2D eigenvalue weighted by Crippen LogP contribution is 2.37. The normalized spacial score (nSPS) is 18.5. The first kappa shape index (κ1) is 15.6. The summed E-state index contributed by atoms with van der Waals surface area (Å²) in [7, 11) is 0. The summed E-state index contributed by atoms with van der Waals surface area (Å²) >= 11 is 3.40. The topological polar surface area (TPSA) is 24.9 Å². The number of benzene rings is 1. The first-order valence-electron chi connectivity index (χ1n) is 7.71. The van der Waals surface area contributed by atoms with Gasteiger partial charge >= 0.3 is 0 Å². The van der Waals surface area contributed by atoms with Gasteiger partial charge in [0.1, 0.15) is 5.82 Å². The summed E-state index contributed by atoms with van der Waals surface area (Å²) in [6.45, 7) is 4.37. The van der Waals surface area contributed by atoms with Gasteiger partial charge in [0, 0.05) is 16.7 Å². The molecule has 0 saturated carbocycles. The lowest BCUT2D eigenvalue weighted by Crippen LogP contribution is -2.29. The molecule has 1 aliphatic carbocycles. The van der Waals surface area contributed by atoms with E-state index >= 15 is 0 Å². The lowest BCUT2D eigenvalue weighted by atomic mass is 9.98. The van der Waals surface area contributed by atoms with Gasteiger partial charge < -0.3 is 5.32 Å². The van der Waals surface area contributed by atoms with Crippen molar-refractivity contribution < 1.29 is 4.39 Å². The number of hydrogen-bond acceptors (Lipinski definition) is 2. The van der Waals surface area contributed by atoms with E-state index in [2.05, 4.69) is 46.1 Å². The smallest absolute Gasteiger partial charge is 0.127 e. The zero-order valence-corrected chi connectivity index (χ0v) is 14.4. The van der Waals surface area contributed by atoms with Gasteiger partial charge in [-0.2, -0.15) is 0 Å². The van der Waals surface area contributed by atoms with E-state index in [9.17, 15) is 4.39 Å². The first-order valence-corrected chi connectivity index (χ1v) is 8.50. The fourth-order valence-electron chi connectivity index (χ4n) is 3.21. The predicted octanol–water partition coefficient (Wildman–Crippen LogP) is 4.96. The summed E-state index contributed by atoms with van der Waals surface area (Å²) in [4.78, 5) is 4.49. The maximum atomic E-state index is 14.1. The third-order valence-corrected chi connectivity index (χ3v) is 4.76. The fourth-order valence-corrected chi connectivity index (χ4v) is 3.66. The molecule has 0 fully saturated rings. The van der Waals surface area contributed by atoms with E-state index in [1.54, 1.807) is 6.07 Å². The lowest BCUT2D eigenvalue weighted by molar-refractivity contribution is 0.355. The van der Waals surface area contributed by atoms with Crippen molar-refractivity contribution in [2.24, 2.45) is 5.92 Å². The molecule has 3 rings (SSSR count). The summed E-state index contributed by atoms with van der Waals surface area (Å²) < 4.78 is 14.9. The van der Waals surface area contributed by atoms with E-state index in [4.69, 9.17) is 0 Å². The quantitative estimate of drug-likeness (QED) is 0.831. The molecule has 1 aromatic carbocycles. The Bertz CT molecular complexity index is 658. The van der Waals surface area contributed by atoms with Gasteiger partial charge in [-0.05, 0) is 54.2 Å². The minimum absolute atomic E-state index is 0.104. The van der Waals surface area contributed by atoms with Crippen molar-refractivity contribution in [1.82, 2.24) is 10.3 Å². The maximum absolute atomic E-state index is 14.1. The van der Waals surface area contributed by atoms with Gasteiger partial charge in [0.15, 0.2) is 0 Å². The van der Waals surface area contributed by atoms with Gasteiger partial charge in [0.2, 0.25) is 0 Å². The molecular weight excluding hydrogens is 343 g/mol. The van der Waals surface area contributed by atoms with Crippen molar-refractivity contribution in [3.63, 3.8) is 0 Å². The second-order valence-corrected chi connectivity index (χ2v) is 7.11. The van der Waals surface area contributed by atoms with Crippen LogP contribution >= 0.6 is 15.9 Å². The molecule has 116 valence electrons. The van der Waals surface area contributed by atoms with Crippen LogP contribution in [0.3, 0.4) is 0 Å². The van der Waals surface area contributed by atoms with Crippen LogP contribution in [-0.4, -0.2) is 4.98 Å². The van der Waals surface area contributed by atoms with Crippen molar-refractivity contribution in [2.45, 2.75) is 38.8 Å². The number of pyridine rings is 1. The predicted molar refractivity (Wildman–Crippen MR) is 90.1 cm³/mol. The molecule has 0 spiro atoms. The highest BCUT2D eigenvalue weighted by Gasteiger charge is 2.29. The number of nitrogens with zero attached hydrogens (tertiary/aromatic N) is 1. The molecule has 0 radical (unpaired) electrons. The molecule has 0 unspecified atom stereocenters. The average Bonchev–Trinajstić information content (AvgIpc) is 2.88. The standard InChI is InChI=1S/C18H20BrFN2/c1-11(2)18(17-5-3-4-8-21-17)22-16-7-6-13-14(16)9-12(19)10-15(13)20/h3-5,8-11,16,18,22H,6-7H2,1-2H3/t16-,18+/m0/s1. The van der Waals surface area contributed by atoms with Crippen LogP contribution in [0.15, 0.2) is 41.0 Å². The number of fused-ring (bicyclic) bond motifs is 1. The van der Waals surface area contributed by atoms with Gasteiger partial charge in [0.05, 0.1) is 11.7 Å². The molecule has 1 aliphatic rings. The Labute approximate surface area is 139 Å². The molecule has 1 heterocycles. The second kappa shape index (κ2) is 6.47. The zero-order chi connectivity index (χ0) is 15.7. The Hall–Kier alpha value is -1.26. The van der Waals surface area contributed by atoms with Crippen LogP contribution in [0.25, 0.3) is 0 Å². The SMILES string of the molecule is CC(C)[C@@H](N[C@H]1CCc2c(F)cc(Br)cc21)c1ccccn1. The molecule has 0 bridgehead atoms. The van der Waals surface area contributed by atoms with Crippen LogP contribution in [0.4, 0.5) is 4.39 Å². The van der Waals surface area contributed by atoms with Crippen molar-refractivity contribution in [3.05, 3.63) is 63.6 Å². The van der Waals surface area contributed by atoms with Crippen LogP contribution in [0.5, 0.6) is 0 Å². The average molecular weight is 363 g/mol. The van der Waals surface area contributed by atoms with Gasteiger partial charge in [-0.25, -0.2) is 4.39 Å². The Morgan fingerprint density at radius 2 is 2.14 bits per heavy atom. The molecule has 0 amide bonds. The highest BCUT2D eigenvalue weighted by atomic mass is 79.9. The summed E-state index contributed by atoms with van der Waals surface area (Å²) in [5.41, 5.74) is 2.97. The molecule has 22 heavy (non-hydrogen) atoms. The second-order valence-electron chi connectivity index (χ2n) is 6.19. The molecule has 2 nitrogen and oxygen atoms in total. The molecule has 2 aromatic rings. The number of halogens is 2. The Balaban J connectivity index is 1.88. The number of nitrogens with one attached hydrogen (secondary N) is 1. The van der Waals surface area contributed by atoms with E-state index < -0.39 is 0 Å². The summed E-state index contributed by atoms with van der Waals surface area (Å²) in [5, 5.41) is 3.69. The van der Waals surface area contributed by atoms with Crippen LogP contribution in [0, 0.1) is 11.7 Å². The van der Waals surface area contributed by atoms with E-state index in [1.165, 1.54) is 0 Å². The molecule has 0 saturated heterocycles. The molecule has 2 atom stereocenters. The highest BCUT2D eigenvalue weighted by molar-refractivity contribution is 9.10. The number of aromatic nitrogens is 1. The first-order chi connectivity index (χ1) is 10.6. The molecular formula is C18H20BrFN2. The van der Waals surface area contributed by atoms with Crippen molar-refractivity contribution >= 4 is 15.9 Å². The van der Waals surface area contributed by atoms with Gasteiger partial charge in [-0.1, -0.05) is 35.8 Å².